The third-order valence-electron chi connectivity index (χ3n) is 3.14. The maximum Gasteiger partial charge on any atom is 0.199 e. The van der Waals surface area contributed by atoms with Gasteiger partial charge in [-0.15, -0.1) is 4.91 Å². The van der Waals surface area contributed by atoms with E-state index in [1.54, 1.807) is 0 Å². The molecule has 0 bridgehead atoms. The fourth-order valence-corrected chi connectivity index (χ4v) is 4.92. The normalized spacial score (nSPS) is 11.5. The van der Waals surface area contributed by atoms with E-state index >= 15 is 0 Å². The molecular formula is C12H29N10O2P. The largest absolute Gasteiger partial charge is 0.366 e. The minimum atomic E-state index is -2.26. The van der Waals surface area contributed by atoms with Gasteiger partial charge in [-0.25, -0.2) is 4.67 Å². The van der Waals surface area contributed by atoms with Crippen LogP contribution in [0.3, 0.4) is 0 Å². The van der Waals surface area contributed by atoms with E-state index in [0.717, 1.165) is 0 Å². The lowest BCUT2D eigenvalue weighted by molar-refractivity contribution is 0.0726. The molecule has 0 saturated carbocycles. The van der Waals surface area contributed by atoms with Crippen LogP contribution in [0.15, 0.2) is 15.1 Å². The highest BCUT2D eigenvalue weighted by Gasteiger charge is 2.31. The van der Waals surface area contributed by atoms with E-state index in [1.807, 2.05) is 49.2 Å². The van der Waals surface area contributed by atoms with Crippen molar-refractivity contribution in [3.05, 3.63) is 20.9 Å². The summed E-state index contributed by atoms with van der Waals surface area (Å²) in [5.74, 6) is 0. The Kier molecular flexibility index (Phi) is 13.1. The third kappa shape index (κ3) is 8.53. The van der Waals surface area contributed by atoms with Gasteiger partial charge in [-0.3, -0.25) is 14.2 Å². The molecule has 0 aromatic heterocycles. The predicted molar refractivity (Wildman–Crippen MR) is 98.5 cm³/mol. The van der Waals surface area contributed by atoms with Gasteiger partial charge in [-0.2, -0.15) is 0 Å². The summed E-state index contributed by atoms with van der Waals surface area (Å²) < 4.78 is 11.7. The Morgan fingerprint density at radius 3 is 1.88 bits per heavy atom. The third-order valence-corrected chi connectivity index (χ3v) is 6.66. The highest BCUT2D eigenvalue weighted by atomic mass is 31.2. The van der Waals surface area contributed by atoms with E-state index in [9.17, 15) is 0 Å². The van der Waals surface area contributed by atoms with Crippen LogP contribution >= 0.6 is 7.51 Å². The van der Waals surface area contributed by atoms with Crippen LogP contribution in [0.4, 0.5) is 0 Å². The Balaban J connectivity index is 4.82. The highest BCUT2D eigenvalue weighted by Crippen LogP contribution is 2.55. The van der Waals surface area contributed by atoms with Crippen molar-refractivity contribution in [2.45, 2.75) is 12.8 Å². The number of hydrogen-bond acceptors (Lipinski definition) is 5. The van der Waals surface area contributed by atoms with Gasteiger partial charge in [0.15, 0.2) is 7.51 Å². The zero-order valence-corrected chi connectivity index (χ0v) is 16.6. The van der Waals surface area contributed by atoms with Crippen LogP contribution in [0.5, 0.6) is 0 Å². The molecule has 0 aromatic carbocycles. The Bertz CT molecular complexity index is 502. The van der Waals surface area contributed by atoms with Crippen molar-refractivity contribution in [3.63, 3.8) is 0 Å². The maximum atomic E-state index is 8.26. The van der Waals surface area contributed by atoms with Crippen molar-refractivity contribution in [3.8, 4) is 0 Å². The second-order valence-electron chi connectivity index (χ2n) is 5.46. The minimum absolute atomic E-state index is 0.367. The van der Waals surface area contributed by atoms with Gasteiger partial charge in [-0.1, -0.05) is 10.2 Å². The fraction of sp³-hybridized carbons (Fsp3) is 1.00. The molecule has 13 heteroatoms. The summed E-state index contributed by atoms with van der Waals surface area (Å²) >= 11 is 0. The van der Waals surface area contributed by atoms with Crippen LogP contribution in [0.1, 0.15) is 12.8 Å². The first kappa shape index (κ1) is 23.6. The first-order valence-corrected chi connectivity index (χ1v) is 9.43. The summed E-state index contributed by atoms with van der Waals surface area (Å²) in [5.41, 5.74) is 16.5. The quantitative estimate of drug-likeness (QED) is 0.0870. The number of nitrogens with zero attached hydrogens (tertiary/aromatic N) is 10. The molecule has 0 saturated heterocycles. The lowest BCUT2D eigenvalue weighted by Crippen LogP contribution is -2.34. The molecule has 12 nitrogen and oxygen atoms in total. The zero-order chi connectivity index (χ0) is 19.1. The Hall–Kier alpha value is -1.35. The maximum absolute atomic E-state index is 8.26. The summed E-state index contributed by atoms with van der Waals surface area (Å²) in [6.07, 6.45) is 1.27. The minimum Gasteiger partial charge on any atom is -0.366 e. The lowest BCUT2D eigenvalue weighted by Gasteiger charge is -2.41. The van der Waals surface area contributed by atoms with Crippen molar-refractivity contribution in [2.75, 3.05) is 68.3 Å². The first-order chi connectivity index (χ1) is 11.9. The van der Waals surface area contributed by atoms with Crippen LogP contribution in [-0.4, -0.2) is 82.3 Å². The summed E-state index contributed by atoms with van der Waals surface area (Å²) in [6, 6.07) is 0. The van der Waals surface area contributed by atoms with Crippen molar-refractivity contribution in [1.82, 2.24) is 14.0 Å². The number of ether oxygens (including phenoxy) is 1. The molecule has 25 heavy (non-hydrogen) atoms. The summed E-state index contributed by atoms with van der Waals surface area (Å²) in [4.78, 5) is 15.4. The molecule has 0 heterocycles. The van der Waals surface area contributed by atoms with Crippen LogP contribution < -0.4 is 0 Å². The predicted octanol–water partition coefficient (Wildman–Crippen LogP) is 3.29. The Morgan fingerprint density at radius 2 is 1.40 bits per heavy atom. The van der Waals surface area contributed by atoms with Gasteiger partial charge < -0.3 is 4.74 Å². The molecule has 0 aromatic rings. The van der Waals surface area contributed by atoms with Gasteiger partial charge >= 0.3 is 0 Å². The van der Waals surface area contributed by atoms with Gasteiger partial charge in [0.05, 0.1) is 6.61 Å². The molecule has 0 amide bonds. The molecule has 0 atom stereocenters. The van der Waals surface area contributed by atoms with E-state index < -0.39 is 7.51 Å². The average molecular weight is 376 g/mol. The second kappa shape index (κ2) is 13.9. The van der Waals surface area contributed by atoms with Gasteiger partial charge in [0, 0.05) is 29.5 Å². The van der Waals surface area contributed by atoms with Gasteiger partial charge in [0.2, 0.25) is 0 Å². The van der Waals surface area contributed by atoms with Crippen molar-refractivity contribution in [2.24, 2.45) is 15.1 Å². The Morgan fingerprint density at radius 1 is 0.880 bits per heavy atom. The molecule has 0 aliphatic rings. The molecule has 0 spiro atoms. The second-order valence-corrected chi connectivity index (χ2v) is 8.98. The molecule has 0 aliphatic heterocycles. The average Bonchev–Trinajstić information content (AvgIpc) is 2.56. The van der Waals surface area contributed by atoms with E-state index in [-0.39, 0.29) is 0 Å². The van der Waals surface area contributed by atoms with Gasteiger partial charge in [-0.05, 0) is 59.1 Å². The van der Waals surface area contributed by atoms with E-state index in [1.165, 1.54) is 0 Å². The summed E-state index contributed by atoms with van der Waals surface area (Å²) in [5, 5.41) is 6.94. The monoisotopic (exact) mass is 376 g/mol. The lowest BCUT2D eigenvalue weighted by atomic mass is 10.5. The zero-order valence-electron chi connectivity index (χ0n) is 15.7. The number of rotatable bonds is 14. The van der Waals surface area contributed by atoms with Gasteiger partial charge in [0.1, 0.15) is 6.73 Å². The van der Waals surface area contributed by atoms with Crippen LogP contribution in [0.2, 0.25) is 0 Å². The van der Waals surface area contributed by atoms with Crippen LogP contribution in [0, 0.1) is 0 Å². The molecule has 0 rings (SSSR count). The molecule has 144 valence electrons. The number of azide groups is 2. The van der Waals surface area contributed by atoms with E-state index in [2.05, 4.69) is 25.0 Å². The van der Waals surface area contributed by atoms with Crippen LogP contribution in [0.25, 0.3) is 20.9 Å². The van der Waals surface area contributed by atoms with Crippen molar-refractivity contribution >= 4 is 7.51 Å². The van der Waals surface area contributed by atoms with Crippen molar-refractivity contribution in [1.29, 1.82) is 0 Å². The van der Waals surface area contributed by atoms with E-state index in [0.29, 0.717) is 45.9 Å². The smallest absolute Gasteiger partial charge is 0.199 e. The first-order valence-electron chi connectivity index (χ1n) is 7.83. The standard InChI is InChI=1S/C12H29N10O2P/c1-20(2)25(21(3)4,19-24-11-7-9-16-18-14)22(5)12-23-10-6-8-15-17-13/h6-12H2,1-5H3. The molecule has 0 N–H and O–H groups in total. The molecule has 0 radical (unpaired) electrons. The Labute approximate surface area is 149 Å². The molecule has 0 fully saturated rings. The molecular weight excluding hydrogens is 347 g/mol. The van der Waals surface area contributed by atoms with Crippen LogP contribution in [-0.2, 0) is 9.57 Å². The molecule has 0 aliphatic carbocycles. The molecule has 0 unspecified atom stereocenters. The summed E-state index contributed by atoms with van der Waals surface area (Å²) in [6.45, 7) is 2.04. The topological polar surface area (TPSA) is 138 Å². The van der Waals surface area contributed by atoms with Crippen molar-refractivity contribution < 1.29 is 9.57 Å². The fourth-order valence-electron chi connectivity index (χ4n) is 2.10. The highest BCUT2D eigenvalue weighted by molar-refractivity contribution is 7.58. The van der Waals surface area contributed by atoms with Gasteiger partial charge in [0.25, 0.3) is 0 Å². The SMILES string of the molecule is CN(C)P(=NOCCCN=[N+]=[N-])(N(C)C)N(C)COCCCN=[N+]=[N-]. The summed E-state index contributed by atoms with van der Waals surface area (Å²) in [7, 11) is 7.44. The number of hydrogen-bond donors (Lipinski definition) is 0. The van der Waals surface area contributed by atoms with E-state index in [4.69, 9.17) is 20.6 Å².